The van der Waals surface area contributed by atoms with Gasteiger partial charge in [-0.1, -0.05) is 23.7 Å². The predicted molar refractivity (Wildman–Crippen MR) is 113 cm³/mol. The molecule has 1 aliphatic rings. The fraction of sp³-hybridized carbons (Fsp3) is 0.364. The van der Waals surface area contributed by atoms with E-state index in [4.69, 9.17) is 21.1 Å². The Kier molecular flexibility index (Phi) is 8.56. The summed E-state index contributed by atoms with van der Waals surface area (Å²) in [5.41, 5.74) is 0.587. The van der Waals surface area contributed by atoms with E-state index >= 15 is 0 Å². The van der Waals surface area contributed by atoms with Gasteiger partial charge in [0, 0.05) is 12.6 Å². The Balaban J connectivity index is 1.35. The van der Waals surface area contributed by atoms with Crippen molar-refractivity contribution in [2.24, 2.45) is 0 Å². The lowest BCUT2D eigenvalue weighted by molar-refractivity contribution is -0.274. The second kappa shape index (κ2) is 11.4. The molecule has 0 bridgehead atoms. The lowest BCUT2D eigenvalue weighted by Gasteiger charge is -2.28. The van der Waals surface area contributed by atoms with Crippen LogP contribution in [0.4, 0.5) is 17.6 Å². The molecule has 1 fully saturated rings. The van der Waals surface area contributed by atoms with Gasteiger partial charge < -0.3 is 24.8 Å². The van der Waals surface area contributed by atoms with E-state index in [9.17, 15) is 27.2 Å². The number of rotatable bonds is 8. The minimum atomic E-state index is -4.77. The normalized spacial score (nSPS) is 18.1. The van der Waals surface area contributed by atoms with Crippen LogP contribution in [0, 0.1) is 5.82 Å². The van der Waals surface area contributed by atoms with Crippen LogP contribution in [0.3, 0.4) is 0 Å². The fourth-order valence-corrected chi connectivity index (χ4v) is 3.29. The van der Waals surface area contributed by atoms with E-state index < -0.39 is 24.2 Å². The summed E-state index contributed by atoms with van der Waals surface area (Å²) in [7, 11) is 0. The molecule has 2 amide bonds. The first-order chi connectivity index (χ1) is 16.1. The van der Waals surface area contributed by atoms with Gasteiger partial charge in [-0.3, -0.25) is 9.59 Å². The number of nitrogens with one attached hydrogen (secondary N) is 2. The number of hydrogen-bond acceptors (Lipinski definition) is 5. The van der Waals surface area contributed by atoms with E-state index in [-0.39, 0.29) is 48.2 Å². The highest BCUT2D eigenvalue weighted by Gasteiger charge is 2.31. The molecule has 34 heavy (non-hydrogen) atoms. The number of halogens is 5. The van der Waals surface area contributed by atoms with E-state index in [1.807, 2.05) is 0 Å². The highest BCUT2D eigenvalue weighted by molar-refractivity contribution is 6.30. The molecule has 0 unspecified atom stereocenters. The van der Waals surface area contributed by atoms with E-state index in [1.165, 1.54) is 24.3 Å². The number of ether oxygens (including phenoxy) is 3. The van der Waals surface area contributed by atoms with E-state index in [0.717, 1.165) is 18.2 Å². The third kappa shape index (κ3) is 8.07. The topological polar surface area (TPSA) is 85.9 Å². The van der Waals surface area contributed by atoms with Gasteiger partial charge in [0.25, 0.3) is 5.91 Å². The summed E-state index contributed by atoms with van der Waals surface area (Å²) in [6.07, 6.45) is -4.63. The minimum absolute atomic E-state index is 0.0526. The molecule has 2 aromatic carbocycles. The standard InChI is InChI=1S/C22H21ClF4N2O5/c23-17-7-6-16(9-18(17)24)32-12-20(30)29-14-3-8-19(33-11-14)21(31)28-10-13-1-4-15(5-2-13)34-22(25,26)27/h1-2,4-7,9,14,19H,3,8,10-12H2,(H,28,31)(H,29,30)/t14-,19+/m1/s1. The first kappa shape index (κ1) is 25.6. The average Bonchev–Trinajstić information content (AvgIpc) is 2.78. The molecule has 0 spiro atoms. The van der Waals surface area contributed by atoms with Crippen molar-refractivity contribution in [1.29, 1.82) is 0 Å². The van der Waals surface area contributed by atoms with Crippen molar-refractivity contribution in [2.75, 3.05) is 13.2 Å². The van der Waals surface area contributed by atoms with Crippen LogP contribution in [0.1, 0.15) is 18.4 Å². The number of benzene rings is 2. The summed E-state index contributed by atoms with van der Waals surface area (Å²) in [5.74, 6) is -1.64. The molecule has 2 atom stereocenters. The fourth-order valence-electron chi connectivity index (χ4n) is 3.17. The molecule has 2 N–H and O–H groups in total. The Morgan fingerprint density at radius 1 is 1.09 bits per heavy atom. The van der Waals surface area contributed by atoms with Gasteiger partial charge in [-0.25, -0.2) is 4.39 Å². The Labute approximate surface area is 197 Å². The van der Waals surface area contributed by atoms with Crippen molar-refractivity contribution in [3.8, 4) is 11.5 Å². The number of carbonyl (C=O) groups excluding carboxylic acids is 2. The van der Waals surface area contributed by atoms with Crippen molar-refractivity contribution < 1.29 is 41.4 Å². The summed E-state index contributed by atoms with van der Waals surface area (Å²) in [6.45, 7) is -0.106. The largest absolute Gasteiger partial charge is 0.573 e. The lowest BCUT2D eigenvalue weighted by Crippen LogP contribution is -2.48. The highest BCUT2D eigenvalue weighted by Crippen LogP contribution is 2.23. The smallest absolute Gasteiger partial charge is 0.484 e. The molecule has 184 valence electrons. The molecule has 2 aromatic rings. The Bertz CT molecular complexity index is 996. The van der Waals surface area contributed by atoms with Crippen LogP contribution in [-0.2, 0) is 20.9 Å². The van der Waals surface area contributed by atoms with Crippen LogP contribution in [0.5, 0.6) is 11.5 Å². The minimum Gasteiger partial charge on any atom is -0.484 e. The maximum Gasteiger partial charge on any atom is 0.573 e. The van der Waals surface area contributed by atoms with Crippen LogP contribution in [0.25, 0.3) is 0 Å². The molecule has 1 saturated heterocycles. The van der Waals surface area contributed by atoms with Gasteiger partial charge in [-0.2, -0.15) is 0 Å². The quantitative estimate of drug-likeness (QED) is 0.535. The maximum atomic E-state index is 13.4. The molecule has 0 aliphatic carbocycles. The summed E-state index contributed by atoms with van der Waals surface area (Å²) < 4.78 is 64.5. The lowest BCUT2D eigenvalue weighted by atomic mass is 10.0. The first-order valence-corrected chi connectivity index (χ1v) is 10.6. The van der Waals surface area contributed by atoms with Crippen molar-refractivity contribution in [2.45, 2.75) is 37.9 Å². The van der Waals surface area contributed by atoms with E-state index in [1.54, 1.807) is 0 Å². The molecule has 1 heterocycles. The first-order valence-electron chi connectivity index (χ1n) is 10.2. The SMILES string of the molecule is O=C(COc1ccc(Cl)c(F)c1)N[C@@H]1CC[C@@H](C(=O)NCc2ccc(OC(F)(F)F)cc2)OC1. The number of hydrogen-bond donors (Lipinski definition) is 2. The third-order valence-corrected chi connectivity index (χ3v) is 5.12. The third-order valence-electron chi connectivity index (χ3n) is 4.82. The molecule has 1 aliphatic heterocycles. The van der Waals surface area contributed by atoms with Crippen LogP contribution < -0.4 is 20.1 Å². The second-order valence-electron chi connectivity index (χ2n) is 7.44. The van der Waals surface area contributed by atoms with Gasteiger partial charge in [0.1, 0.15) is 23.4 Å². The summed E-state index contributed by atoms with van der Waals surface area (Å²) in [4.78, 5) is 24.4. The molecular weight excluding hydrogens is 484 g/mol. The van der Waals surface area contributed by atoms with Crippen molar-refractivity contribution in [3.63, 3.8) is 0 Å². The molecule has 0 aromatic heterocycles. The van der Waals surface area contributed by atoms with Crippen LogP contribution in [0.15, 0.2) is 42.5 Å². The van der Waals surface area contributed by atoms with Crippen molar-refractivity contribution >= 4 is 23.4 Å². The van der Waals surface area contributed by atoms with Gasteiger partial charge in [-0.15, -0.1) is 13.2 Å². The van der Waals surface area contributed by atoms with E-state index in [0.29, 0.717) is 18.4 Å². The van der Waals surface area contributed by atoms with Gasteiger partial charge in [-0.05, 0) is 42.7 Å². The zero-order chi connectivity index (χ0) is 24.7. The van der Waals surface area contributed by atoms with Crippen molar-refractivity contribution in [1.82, 2.24) is 10.6 Å². The summed E-state index contributed by atoms with van der Waals surface area (Å²) >= 11 is 5.59. The van der Waals surface area contributed by atoms with Crippen LogP contribution >= 0.6 is 11.6 Å². The summed E-state index contributed by atoms with van der Waals surface area (Å²) in [5, 5.41) is 5.33. The number of carbonyl (C=O) groups is 2. The van der Waals surface area contributed by atoms with E-state index in [2.05, 4.69) is 15.4 Å². The monoisotopic (exact) mass is 504 g/mol. The molecule has 12 heteroatoms. The van der Waals surface area contributed by atoms with Crippen LogP contribution in [-0.4, -0.2) is 43.5 Å². The Morgan fingerprint density at radius 2 is 1.79 bits per heavy atom. The van der Waals surface area contributed by atoms with Gasteiger partial charge >= 0.3 is 6.36 Å². The molecule has 0 saturated carbocycles. The highest BCUT2D eigenvalue weighted by atomic mass is 35.5. The molecule has 3 rings (SSSR count). The van der Waals surface area contributed by atoms with Gasteiger partial charge in [0.05, 0.1) is 17.7 Å². The Morgan fingerprint density at radius 3 is 2.41 bits per heavy atom. The molecule has 0 radical (unpaired) electrons. The molecule has 7 nitrogen and oxygen atoms in total. The summed E-state index contributed by atoms with van der Waals surface area (Å²) in [6, 6.07) is 8.66. The van der Waals surface area contributed by atoms with Gasteiger partial charge in [0.2, 0.25) is 5.91 Å². The molecular formula is C22H21ClF4N2O5. The second-order valence-corrected chi connectivity index (χ2v) is 7.85. The van der Waals surface area contributed by atoms with Gasteiger partial charge in [0.15, 0.2) is 6.61 Å². The average molecular weight is 505 g/mol. The van der Waals surface area contributed by atoms with Crippen molar-refractivity contribution in [3.05, 3.63) is 58.9 Å². The predicted octanol–water partition coefficient (Wildman–Crippen LogP) is 3.74. The number of amides is 2. The maximum absolute atomic E-state index is 13.4. The zero-order valence-electron chi connectivity index (χ0n) is 17.7. The van der Waals surface area contributed by atoms with Crippen LogP contribution in [0.2, 0.25) is 5.02 Å². The Hall–Kier alpha value is -3.05. The zero-order valence-corrected chi connectivity index (χ0v) is 18.4. The number of alkyl halides is 3.